The average Bonchev–Trinajstić information content (AvgIpc) is 2.32. The first-order valence-electron chi connectivity index (χ1n) is 4.79. The summed E-state index contributed by atoms with van der Waals surface area (Å²) in [5.74, 6) is 0. The Morgan fingerprint density at radius 3 is 2.47 bits per heavy atom. The first-order chi connectivity index (χ1) is 8.04. The third-order valence-corrected chi connectivity index (χ3v) is 3.67. The number of nitrogens with zero attached hydrogens (tertiary/aromatic N) is 1. The highest BCUT2D eigenvalue weighted by molar-refractivity contribution is 9.11. The van der Waals surface area contributed by atoms with Crippen molar-refractivity contribution in [1.29, 1.82) is 0 Å². The molecule has 2 nitrogen and oxygen atoms in total. The van der Waals surface area contributed by atoms with Crippen LogP contribution in [0.2, 0.25) is 0 Å². The van der Waals surface area contributed by atoms with Gasteiger partial charge in [-0.1, -0.05) is 15.9 Å². The number of benzene rings is 1. The second-order valence-electron chi connectivity index (χ2n) is 3.40. The molecule has 0 saturated carbocycles. The van der Waals surface area contributed by atoms with Crippen molar-refractivity contribution in [1.82, 2.24) is 4.98 Å². The number of alkyl halides is 2. The lowest BCUT2D eigenvalue weighted by atomic mass is 10.1. The predicted octanol–water partition coefficient (Wildman–Crippen LogP) is 4.74. The lowest BCUT2D eigenvalue weighted by molar-refractivity contribution is 0.146. The molecular formula is C11H8Br2F2N2. The van der Waals surface area contributed by atoms with Gasteiger partial charge in [0.2, 0.25) is 0 Å². The fourth-order valence-corrected chi connectivity index (χ4v) is 2.55. The molecule has 0 aliphatic rings. The maximum atomic E-state index is 12.7. The summed E-state index contributed by atoms with van der Waals surface area (Å²) in [6.07, 6.45) is -2.59. The van der Waals surface area contributed by atoms with Crippen LogP contribution >= 0.6 is 31.9 Å². The Morgan fingerprint density at radius 1 is 1.24 bits per heavy atom. The van der Waals surface area contributed by atoms with Crippen LogP contribution in [0.4, 0.5) is 14.5 Å². The molecule has 1 N–H and O–H groups in total. The predicted molar refractivity (Wildman–Crippen MR) is 71.6 cm³/mol. The van der Waals surface area contributed by atoms with E-state index < -0.39 is 6.43 Å². The van der Waals surface area contributed by atoms with E-state index in [9.17, 15) is 8.78 Å². The summed E-state index contributed by atoms with van der Waals surface area (Å²) in [5, 5.41) is 3.69. The largest absolute Gasteiger partial charge is 0.387 e. The molecule has 0 fully saturated rings. The monoisotopic (exact) mass is 364 g/mol. The van der Waals surface area contributed by atoms with Crippen molar-refractivity contribution in [2.45, 2.75) is 6.43 Å². The topological polar surface area (TPSA) is 24.9 Å². The summed E-state index contributed by atoms with van der Waals surface area (Å²) in [4.78, 5) is 3.98. The summed E-state index contributed by atoms with van der Waals surface area (Å²) in [7, 11) is 1.69. The number of halogens is 4. The molecule has 6 heteroatoms. The van der Waals surface area contributed by atoms with E-state index >= 15 is 0 Å². The molecule has 1 aromatic heterocycles. The molecule has 0 atom stereocenters. The Morgan fingerprint density at radius 2 is 1.88 bits per heavy atom. The van der Waals surface area contributed by atoms with Crippen molar-refractivity contribution >= 4 is 48.5 Å². The van der Waals surface area contributed by atoms with Crippen molar-refractivity contribution < 1.29 is 8.78 Å². The zero-order chi connectivity index (χ0) is 12.6. The smallest absolute Gasteiger partial charge is 0.280 e. The number of anilines is 1. The number of fused-ring (bicyclic) bond motifs is 1. The normalized spacial score (nSPS) is 11.2. The maximum Gasteiger partial charge on any atom is 0.280 e. The standard InChI is InChI=1S/C11H8Br2F2N2/c1-16-7-4-8(11(14)15)17-10-6(13)3-2-5(12)9(7)10/h2-4,11H,1H3,(H,16,17). The zero-order valence-corrected chi connectivity index (χ0v) is 11.9. The fraction of sp³-hybridized carbons (Fsp3) is 0.182. The van der Waals surface area contributed by atoms with Gasteiger partial charge in [-0.2, -0.15) is 0 Å². The molecule has 2 aromatic rings. The van der Waals surface area contributed by atoms with Gasteiger partial charge in [0.25, 0.3) is 6.43 Å². The fourth-order valence-electron chi connectivity index (χ4n) is 1.60. The quantitative estimate of drug-likeness (QED) is 0.831. The molecule has 0 spiro atoms. The summed E-state index contributed by atoms with van der Waals surface area (Å²) >= 11 is 6.72. The van der Waals surface area contributed by atoms with E-state index in [0.29, 0.717) is 15.7 Å². The molecule has 2 rings (SSSR count). The van der Waals surface area contributed by atoms with E-state index in [1.165, 1.54) is 6.07 Å². The van der Waals surface area contributed by atoms with Gasteiger partial charge in [-0.15, -0.1) is 0 Å². The van der Waals surface area contributed by atoms with Gasteiger partial charge >= 0.3 is 0 Å². The van der Waals surface area contributed by atoms with Crippen LogP contribution < -0.4 is 5.32 Å². The highest BCUT2D eigenvalue weighted by Gasteiger charge is 2.15. The van der Waals surface area contributed by atoms with Gasteiger partial charge in [0, 0.05) is 27.1 Å². The molecule has 90 valence electrons. The molecule has 17 heavy (non-hydrogen) atoms. The second-order valence-corrected chi connectivity index (χ2v) is 5.11. The summed E-state index contributed by atoms with van der Waals surface area (Å²) in [6.45, 7) is 0. The third-order valence-electron chi connectivity index (χ3n) is 2.37. The van der Waals surface area contributed by atoms with Crippen LogP contribution in [-0.4, -0.2) is 12.0 Å². The highest BCUT2D eigenvalue weighted by atomic mass is 79.9. The van der Waals surface area contributed by atoms with Gasteiger partial charge in [0.05, 0.1) is 5.52 Å². The molecule has 0 bridgehead atoms. The maximum absolute atomic E-state index is 12.7. The van der Waals surface area contributed by atoms with E-state index in [-0.39, 0.29) is 5.69 Å². The molecule has 1 aromatic carbocycles. The highest BCUT2D eigenvalue weighted by Crippen LogP contribution is 2.36. The van der Waals surface area contributed by atoms with Crippen LogP contribution in [0.1, 0.15) is 12.1 Å². The number of pyridine rings is 1. The summed E-state index contributed by atoms with van der Waals surface area (Å²) in [5.41, 5.74) is 0.903. The zero-order valence-electron chi connectivity index (χ0n) is 8.77. The van der Waals surface area contributed by atoms with Crippen LogP contribution in [0.5, 0.6) is 0 Å². The molecule has 1 heterocycles. The van der Waals surface area contributed by atoms with Gasteiger partial charge in [0.1, 0.15) is 5.69 Å². The first-order valence-corrected chi connectivity index (χ1v) is 6.37. The van der Waals surface area contributed by atoms with Gasteiger partial charge in [-0.3, -0.25) is 0 Å². The Hall–Kier alpha value is -0.750. The van der Waals surface area contributed by atoms with E-state index in [2.05, 4.69) is 42.2 Å². The van der Waals surface area contributed by atoms with Gasteiger partial charge in [-0.25, -0.2) is 13.8 Å². The molecule has 0 aliphatic heterocycles. The minimum absolute atomic E-state index is 0.236. The second kappa shape index (κ2) is 4.86. The van der Waals surface area contributed by atoms with Crippen molar-refractivity contribution in [3.63, 3.8) is 0 Å². The Labute approximate surface area is 114 Å². The SMILES string of the molecule is CNc1cc(C(F)F)nc2c(Br)ccc(Br)c12. The van der Waals surface area contributed by atoms with E-state index in [1.807, 2.05) is 6.07 Å². The molecule has 0 unspecified atom stereocenters. The molecule has 0 aliphatic carbocycles. The molecule has 0 amide bonds. The average molecular weight is 366 g/mol. The van der Waals surface area contributed by atoms with Crippen LogP contribution in [0.25, 0.3) is 10.9 Å². The van der Waals surface area contributed by atoms with Crippen LogP contribution in [0.3, 0.4) is 0 Å². The van der Waals surface area contributed by atoms with Gasteiger partial charge in [-0.05, 0) is 34.1 Å². The Balaban J connectivity index is 2.87. The number of hydrogen-bond acceptors (Lipinski definition) is 2. The third kappa shape index (κ3) is 2.28. The molecule has 0 radical (unpaired) electrons. The van der Waals surface area contributed by atoms with E-state index in [1.54, 1.807) is 13.1 Å². The van der Waals surface area contributed by atoms with Crippen LogP contribution in [-0.2, 0) is 0 Å². The van der Waals surface area contributed by atoms with Gasteiger partial charge < -0.3 is 5.32 Å². The Bertz CT molecular complexity index is 573. The van der Waals surface area contributed by atoms with Crippen molar-refractivity contribution in [3.8, 4) is 0 Å². The van der Waals surface area contributed by atoms with Crippen LogP contribution in [0.15, 0.2) is 27.1 Å². The van der Waals surface area contributed by atoms with E-state index in [0.717, 1.165) is 9.86 Å². The van der Waals surface area contributed by atoms with Gasteiger partial charge in [0.15, 0.2) is 0 Å². The number of rotatable bonds is 2. The summed E-state index contributed by atoms with van der Waals surface area (Å²) in [6, 6.07) is 4.98. The van der Waals surface area contributed by atoms with E-state index in [4.69, 9.17) is 0 Å². The Kier molecular flexibility index (Phi) is 3.63. The first kappa shape index (κ1) is 12.7. The molecular weight excluding hydrogens is 358 g/mol. The molecule has 0 saturated heterocycles. The summed E-state index contributed by atoms with van der Waals surface area (Å²) < 4.78 is 27.0. The number of aromatic nitrogens is 1. The lowest BCUT2D eigenvalue weighted by Crippen LogP contribution is -1.98. The number of nitrogens with one attached hydrogen (secondary N) is 1. The van der Waals surface area contributed by atoms with Crippen molar-refractivity contribution in [3.05, 3.63) is 32.8 Å². The minimum atomic E-state index is -2.59. The van der Waals surface area contributed by atoms with Crippen molar-refractivity contribution in [2.24, 2.45) is 0 Å². The minimum Gasteiger partial charge on any atom is -0.387 e. The number of hydrogen-bond donors (Lipinski definition) is 1. The lowest BCUT2D eigenvalue weighted by Gasteiger charge is -2.11. The van der Waals surface area contributed by atoms with Crippen molar-refractivity contribution in [2.75, 3.05) is 12.4 Å². The van der Waals surface area contributed by atoms with Crippen LogP contribution in [0, 0.1) is 0 Å².